The molecule has 0 bridgehead atoms. The lowest BCUT2D eigenvalue weighted by molar-refractivity contribution is 0.410. The average Bonchev–Trinajstić information content (AvgIpc) is 2.27. The van der Waals surface area contributed by atoms with Gasteiger partial charge in [0.05, 0.1) is 16.9 Å². The number of rotatable bonds is 2. The van der Waals surface area contributed by atoms with E-state index in [1.54, 1.807) is 6.20 Å². The highest BCUT2D eigenvalue weighted by Crippen LogP contribution is 2.20. The minimum Gasteiger partial charge on any atom is -0.351 e. The van der Waals surface area contributed by atoms with Gasteiger partial charge in [0, 0.05) is 12.1 Å². The molecule has 0 atom stereocenters. The molecule has 3 N–H and O–H groups in total. The zero-order valence-electron chi connectivity index (χ0n) is 9.41. The largest absolute Gasteiger partial charge is 0.351 e. The van der Waals surface area contributed by atoms with Crippen molar-refractivity contribution in [2.75, 3.05) is 5.32 Å². The van der Waals surface area contributed by atoms with Crippen molar-refractivity contribution in [3.05, 3.63) is 16.9 Å². The van der Waals surface area contributed by atoms with Gasteiger partial charge < -0.3 is 11.1 Å². The van der Waals surface area contributed by atoms with Gasteiger partial charge in [0.15, 0.2) is 0 Å². The summed E-state index contributed by atoms with van der Waals surface area (Å²) in [7, 11) is 0. The third-order valence-electron chi connectivity index (χ3n) is 3.02. The maximum absolute atomic E-state index is 5.87. The Hall–Kier alpha value is -0.870. The van der Waals surface area contributed by atoms with Gasteiger partial charge in [0.2, 0.25) is 5.95 Å². The van der Waals surface area contributed by atoms with Crippen LogP contribution in [0.5, 0.6) is 0 Å². The van der Waals surface area contributed by atoms with Crippen LogP contribution in [0.3, 0.4) is 0 Å². The highest BCUT2D eigenvalue weighted by molar-refractivity contribution is 6.31. The number of nitrogens with two attached hydrogens (primary N) is 1. The third-order valence-corrected chi connectivity index (χ3v) is 3.40. The molecule has 5 heteroatoms. The lowest BCUT2D eigenvalue weighted by Gasteiger charge is -2.26. The molecule has 4 nitrogen and oxygen atoms in total. The number of aromatic nitrogens is 2. The molecule has 1 aromatic heterocycles. The summed E-state index contributed by atoms with van der Waals surface area (Å²) in [6.45, 7) is 1.88. The second-order valence-corrected chi connectivity index (χ2v) is 4.79. The molecule has 0 unspecified atom stereocenters. The number of nitrogens with zero attached hydrogens (tertiary/aromatic N) is 2. The van der Waals surface area contributed by atoms with Crippen molar-refractivity contribution in [3.8, 4) is 0 Å². The van der Waals surface area contributed by atoms with E-state index in [1.165, 1.54) is 0 Å². The molecule has 1 aromatic rings. The second kappa shape index (κ2) is 4.97. The summed E-state index contributed by atoms with van der Waals surface area (Å²) < 4.78 is 0. The van der Waals surface area contributed by atoms with E-state index in [-0.39, 0.29) is 0 Å². The summed E-state index contributed by atoms with van der Waals surface area (Å²) in [5.74, 6) is 0.669. The molecule has 2 rings (SSSR count). The fourth-order valence-corrected chi connectivity index (χ4v) is 2.06. The highest BCUT2D eigenvalue weighted by atomic mass is 35.5. The van der Waals surface area contributed by atoms with Crippen molar-refractivity contribution < 1.29 is 0 Å². The molecule has 0 amide bonds. The predicted octanol–water partition coefficient (Wildman–Crippen LogP) is 2.12. The molecule has 1 saturated carbocycles. The molecular weight excluding hydrogens is 224 g/mol. The van der Waals surface area contributed by atoms with Crippen LogP contribution in [0.4, 0.5) is 5.95 Å². The quantitative estimate of drug-likeness (QED) is 0.831. The first kappa shape index (κ1) is 11.6. The Morgan fingerprint density at radius 2 is 2.06 bits per heavy atom. The Labute approximate surface area is 101 Å². The van der Waals surface area contributed by atoms with Gasteiger partial charge in [0.1, 0.15) is 0 Å². The Morgan fingerprint density at radius 3 is 2.69 bits per heavy atom. The van der Waals surface area contributed by atoms with Crippen LogP contribution in [0.15, 0.2) is 6.20 Å². The molecule has 1 heterocycles. The van der Waals surface area contributed by atoms with Gasteiger partial charge in [-0.3, -0.25) is 0 Å². The number of hydrogen-bond donors (Lipinski definition) is 2. The molecular formula is C11H17ClN4. The number of halogens is 1. The number of hydrogen-bond acceptors (Lipinski definition) is 4. The Balaban J connectivity index is 1.96. The third kappa shape index (κ3) is 2.83. The van der Waals surface area contributed by atoms with Crippen molar-refractivity contribution in [1.29, 1.82) is 0 Å². The summed E-state index contributed by atoms with van der Waals surface area (Å²) in [6, 6.07) is 0.811. The highest BCUT2D eigenvalue weighted by Gasteiger charge is 2.18. The van der Waals surface area contributed by atoms with Crippen molar-refractivity contribution in [1.82, 2.24) is 9.97 Å². The fourth-order valence-electron chi connectivity index (χ4n) is 1.97. The summed E-state index contributed by atoms with van der Waals surface area (Å²) in [5.41, 5.74) is 6.67. The Kier molecular flexibility index (Phi) is 3.61. The number of aryl methyl sites for hydroxylation is 1. The fraction of sp³-hybridized carbons (Fsp3) is 0.636. The van der Waals surface area contributed by atoms with Gasteiger partial charge in [0.25, 0.3) is 0 Å². The first-order valence-corrected chi connectivity index (χ1v) is 6.04. The van der Waals surface area contributed by atoms with Gasteiger partial charge in [-0.2, -0.15) is 0 Å². The van der Waals surface area contributed by atoms with E-state index in [0.717, 1.165) is 31.4 Å². The summed E-state index contributed by atoms with van der Waals surface area (Å²) in [5, 5.41) is 3.94. The molecule has 0 aliphatic heterocycles. The molecule has 88 valence electrons. The van der Waals surface area contributed by atoms with E-state index >= 15 is 0 Å². The van der Waals surface area contributed by atoms with Gasteiger partial charge >= 0.3 is 0 Å². The van der Waals surface area contributed by atoms with Gasteiger partial charge in [-0.25, -0.2) is 9.97 Å². The molecule has 0 radical (unpaired) electrons. The van der Waals surface area contributed by atoms with Gasteiger partial charge in [-0.05, 0) is 32.6 Å². The van der Waals surface area contributed by atoms with E-state index in [0.29, 0.717) is 23.1 Å². The summed E-state index contributed by atoms with van der Waals surface area (Å²) in [4.78, 5) is 8.47. The Bertz CT molecular complexity index is 361. The topological polar surface area (TPSA) is 63.8 Å². The maximum Gasteiger partial charge on any atom is 0.223 e. The minimum absolute atomic E-state index is 0.367. The molecule has 1 aliphatic rings. The molecule has 1 aliphatic carbocycles. The van der Waals surface area contributed by atoms with E-state index in [9.17, 15) is 0 Å². The zero-order valence-corrected chi connectivity index (χ0v) is 10.2. The molecule has 1 fully saturated rings. The average molecular weight is 241 g/mol. The summed E-state index contributed by atoms with van der Waals surface area (Å²) >= 11 is 5.87. The van der Waals surface area contributed by atoms with Crippen LogP contribution >= 0.6 is 11.6 Å². The SMILES string of the molecule is Cc1nc(N[C@H]2CC[C@H](N)CC2)ncc1Cl. The number of nitrogens with one attached hydrogen (secondary N) is 1. The summed E-state index contributed by atoms with van der Waals surface area (Å²) in [6.07, 6.45) is 5.97. The first-order chi connectivity index (χ1) is 7.65. The van der Waals surface area contributed by atoms with Crippen molar-refractivity contribution in [3.63, 3.8) is 0 Å². The second-order valence-electron chi connectivity index (χ2n) is 4.38. The van der Waals surface area contributed by atoms with Crippen molar-refractivity contribution in [2.45, 2.75) is 44.7 Å². The predicted molar refractivity (Wildman–Crippen MR) is 65.6 cm³/mol. The van der Waals surface area contributed by atoms with Crippen LogP contribution in [0.2, 0.25) is 5.02 Å². The molecule has 0 saturated heterocycles. The van der Waals surface area contributed by atoms with E-state index in [1.807, 2.05) is 6.92 Å². The molecule has 16 heavy (non-hydrogen) atoms. The maximum atomic E-state index is 5.87. The molecule has 0 aromatic carbocycles. The van der Waals surface area contributed by atoms with Crippen LogP contribution in [0.25, 0.3) is 0 Å². The van der Waals surface area contributed by atoms with Gasteiger partial charge in [-0.15, -0.1) is 0 Å². The first-order valence-electron chi connectivity index (χ1n) is 5.66. The van der Waals surface area contributed by atoms with Crippen LogP contribution < -0.4 is 11.1 Å². The number of anilines is 1. The zero-order chi connectivity index (χ0) is 11.5. The van der Waals surface area contributed by atoms with Gasteiger partial charge in [-0.1, -0.05) is 11.6 Å². The monoisotopic (exact) mass is 240 g/mol. The van der Waals surface area contributed by atoms with Crippen LogP contribution in [0, 0.1) is 6.92 Å². The van der Waals surface area contributed by atoms with Crippen molar-refractivity contribution >= 4 is 17.5 Å². The van der Waals surface area contributed by atoms with E-state index in [4.69, 9.17) is 17.3 Å². The smallest absolute Gasteiger partial charge is 0.223 e. The molecule has 0 spiro atoms. The van der Waals surface area contributed by atoms with Crippen LogP contribution in [-0.4, -0.2) is 22.1 Å². The van der Waals surface area contributed by atoms with E-state index in [2.05, 4.69) is 15.3 Å². The van der Waals surface area contributed by atoms with Crippen LogP contribution in [-0.2, 0) is 0 Å². The van der Waals surface area contributed by atoms with Crippen LogP contribution in [0.1, 0.15) is 31.4 Å². The van der Waals surface area contributed by atoms with E-state index < -0.39 is 0 Å². The minimum atomic E-state index is 0.367. The normalized spacial score (nSPS) is 25.4. The lowest BCUT2D eigenvalue weighted by Crippen LogP contribution is -2.33. The Morgan fingerprint density at radius 1 is 1.38 bits per heavy atom. The standard InChI is InChI=1S/C11H17ClN4/c1-7-10(12)6-14-11(15-7)16-9-4-2-8(13)3-5-9/h6,8-9H,2-5,13H2,1H3,(H,14,15,16)/t8-,9-. The van der Waals surface area contributed by atoms with Crippen molar-refractivity contribution in [2.24, 2.45) is 5.73 Å². The lowest BCUT2D eigenvalue weighted by atomic mass is 9.92.